The zero-order valence-electron chi connectivity index (χ0n) is 19.8. The van der Waals surface area contributed by atoms with E-state index in [-0.39, 0.29) is 17.8 Å². The van der Waals surface area contributed by atoms with Gasteiger partial charge in [-0.1, -0.05) is 35.9 Å². The van der Waals surface area contributed by atoms with Crippen molar-refractivity contribution in [2.24, 2.45) is 0 Å². The highest BCUT2D eigenvalue weighted by Crippen LogP contribution is 2.34. The zero-order chi connectivity index (χ0) is 24.5. The fourth-order valence-corrected chi connectivity index (χ4v) is 6.40. The van der Waals surface area contributed by atoms with Crippen LogP contribution in [0.3, 0.4) is 0 Å². The van der Waals surface area contributed by atoms with Crippen LogP contribution in [0.2, 0.25) is 5.02 Å². The number of hydrogen-bond donors (Lipinski definition) is 0. The van der Waals surface area contributed by atoms with Crippen molar-refractivity contribution in [1.82, 2.24) is 9.13 Å². The molecule has 1 aliphatic carbocycles. The lowest BCUT2D eigenvalue weighted by atomic mass is 9.97. The average Bonchev–Trinajstić information content (AvgIpc) is 3.27. The number of hydrogen-bond acceptors (Lipinski definition) is 5. The number of methoxy groups -OCH3 is 2. The Morgan fingerprint density at radius 2 is 1.74 bits per heavy atom. The van der Waals surface area contributed by atoms with E-state index in [4.69, 9.17) is 21.1 Å². The second-order valence-electron chi connectivity index (χ2n) is 8.75. The molecule has 2 heterocycles. The normalized spacial score (nSPS) is 13.1. The van der Waals surface area contributed by atoms with Crippen LogP contribution in [0.4, 0.5) is 0 Å². The lowest BCUT2D eigenvalue weighted by Crippen LogP contribution is -2.40. The lowest BCUT2D eigenvalue weighted by Gasteiger charge is -2.14. The van der Waals surface area contributed by atoms with E-state index in [1.54, 1.807) is 30.1 Å². The molecule has 0 fully saturated rings. The average molecular weight is 511 g/mol. The Kier molecular flexibility index (Phi) is 6.71. The molecule has 0 unspecified atom stereocenters. The van der Waals surface area contributed by atoms with Gasteiger partial charge < -0.3 is 9.47 Å². The maximum Gasteiger partial charge on any atom is 0.332 e. The third-order valence-electron chi connectivity index (χ3n) is 6.68. The minimum atomic E-state index is -0.304. The van der Waals surface area contributed by atoms with Crippen molar-refractivity contribution >= 4 is 33.2 Å². The van der Waals surface area contributed by atoms with Crippen molar-refractivity contribution in [1.29, 1.82) is 0 Å². The molecule has 0 aliphatic heterocycles. The number of rotatable bonds is 7. The van der Waals surface area contributed by atoms with Crippen LogP contribution in [-0.2, 0) is 32.4 Å². The summed E-state index contributed by atoms with van der Waals surface area (Å²) in [6.45, 7) is 0.598. The van der Waals surface area contributed by atoms with Gasteiger partial charge in [0.1, 0.15) is 4.83 Å². The van der Waals surface area contributed by atoms with Gasteiger partial charge in [-0.3, -0.25) is 13.9 Å². The molecule has 35 heavy (non-hydrogen) atoms. The number of aryl methyl sites for hydroxylation is 3. The van der Waals surface area contributed by atoms with Gasteiger partial charge >= 0.3 is 5.69 Å². The van der Waals surface area contributed by atoms with Crippen LogP contribution in [0.1, 0.15) is 34.4 Å². The summed E-state index contributed by atoms with van der Waals surface area (Å²) in [5, 5.41) is 1.31. The van der Waals surface area contributed by atoms with Crippen molar-refractivity contribution in [3.05, 3.63) is 89.9 Å². The predicted octanol–water partition coefficient (Wildman–Crippen LogP) is 5.07. The van der Waals surface area contributed by atoms with Gasteiger partial charge in [0.05, 0.1) is 26.2 Å². The van der Waals surface area contributed by atoms with Gasteiger partial charge in [-0.15, -0.1) is 11.3 Å². The zero-order valence-corrected chi connectivity index (χ0v) is 21.4. The molecular formula is C27H27ClN2O4S. The summed E-state index contributed by atoms with van der Waals surface area (Å²) in [5.74, 6) is 1.26. The molecule has 0 atom stereocenters. The molecule has 4 aromatic rings. The van der Waals surface area contributed by atoms with E-state index < -0.39 is 0 Å². The highest BCUT2D eigenvalue weighted by Gasteiger charge is 2.24. The van der Waals surface area contributed by atoms with Crippen molar-refractivity contribution in [3.8, 4) is 11.5 Å². The van der Waals surface area contributed by atoms with Crippen LogP contribution in [-0.4, -0.2) is 23.4 Å². The molecule has 8 heteroatoms. The Hall–Kier alpha value is -3.03. The highest BCUT2D eigenvalue weighted by molar-refractivity contribution is 7.18. The van der Waals surface area contributed by atoms with E-state index in [0.717, 1.165) is 47.2 Å². The van der Waals surface area contributed by atoms with Crippen molar-refractivity contribution in [3.63, 3.8) is 0 Å². The number of thiophene rings is 1. The molecule has 5 rings (SSSR count). The van der Waals surface area contributed by atoms with Gasteiger partial charge in [-0.05, 0) is 67.0 Å². The van der Waals surface area contributed by atoms with Crippen molar-refractivity contribution in [2.75, 3.05) is 14.2 Å². The van der Waals surface area contributed by atoms with Crippen LogP contribution >= 0.6 is 22.9 Å². The van der Waals surface area contributed by atoms with Gasteiger partial charge in [0.15, 0.2) is 11.5 Å². The second kappa shape index (κ2) is 9.91. The monoisotopic (exact) mass is 510 g/mol. The maximum absolute atomic E-state index is 13.7. The summed E-state index contributed by atoms with van der Waals surface area (Å²) >= 11 is 8.03. The first-order valence-corrected chi connectivity index (χ1v) is 12.9. The molecule has 0 bridgehead atoms. The highest BCUT2D eigenvalue weighted by atomic mass is 35.5. The largest absolute Gasteiger partial charge is 0.493 e. The van der Waals surface area contributed by atoms with E-state index in [1.807, 2.05) is 42.5 Å². The van der Waals surface area contributed by atoms with Gasteiger partial charge in [-0.2, -0.15) is 0 Å². The van der Waals surface area contributed by atoms with Crippen LogP contribution < -0.4 is 20.7 Å². The van der Waals surface area contributed by atoms with Crippen LogP contribution in [0.25, 0.3) is 10.2 Å². The molecule has 2 aromatic heterocycles. The molecule has 2 aromatic carbocycles. The first kappa shape index (κ1) is 23.7. The Balaban J connectivity index is 1.61. The number of benzene rings is 2. The fraction of sp³-hybridized carbons (Fsp3) is 0.333. The summed E-state index contributed by atoms with van der Waals surface area (Å²) in [4.78, 5) is 29.4. The topological polar surface area (TPSA) is 62.5 Å². The summed E-state index contributed by atoms with van der Waals surface area (Å²) in [7, 11) is 3.18. The maximum atomic E-state index is 13.7. The van der Waals surface area contributed by atoms with Gasteiger partial charge in [-0.25, -0.2) is 4.79 Å². The summed E-state index contributed by atoms with van der Waals surface area (Å²) < 4.78 is 13.9. The van der Waals surface area contributed by atoms with E-state index in [2.05, 4.69) is 0 Å². The van der Waals surface area contributed by atoms with E-state index >= 15 is 0 Å². The lowest BCUT2D eigenvalue weighted by molar-refractivity contribution is 0.354. The molecule has 0 spiro atoms. The molecule has 0 N–H and O–H groups in total. The molecule has 182 valence electrons. The first-order chi connectivity index (χ1) is 17.0. The Labute approximate surface area is 212 Å². The quantitative estimate of drug-likeness (QED) is 0.348. The summed E-state index contributed by atoms with van der Waals surface area (Å²) in [6, 6.07) is 13.2. The Morgan fingerprint density at radius 1 is 0.971 bits per heavy atom. The number of ether oxygens (including phenoxy) is 2. The van der Waals surface area contributed by atoms with Crippen LogP contribution in [0.5, 0.6) is 11.5 Å². The number of halogens is 1. The predicted molar refractivity (Wildman–Crippen MR) is 141 cm³/mol. The SMILES string of the molecule is COc1ccc(CCn2c(=O)c3c4c(sc3n(Cc3ccccc3Cl)c2=O)CCCC4)cc1OC. The van der Waals surface area contributed by atoms with Crippen molar-refractivity contribution in [2.45, 2.75) is 45.2 Å². The van der Waals surface area contributed by atoms with E-state index in [9.17, 15) is 9.59 Å². The Bertz CT molecular complexity index is 1520. The third-order valence-corrected chi connectivity index (χ3v) is 8.36. The fourth-order valence-electron chi connectivity index (χ4n) is 4.83. The molecule has 0 saturated heterocycles. The summed E-state index contributed by atoms with van der Waals surface area (Å²) in [5.41, 5.74) is 2.43. The second-order valence-corrected chi connectivity index (χ2v) is 10.2. The minimum absolute atomic E-state index is 0.194. The van der Waals surface area contributed by atoms with Gasteiger partial charge in [0, 0.05) is 16.4 Å². The number of aromatic nitrogens is 2. The van der Waals surface area contributed by atoms with Crippen LogP contribution in [0.15, 0.2) is 52.1 Å². The smallest absolute Gasteiger partial charge is 0.332 e. The van der Waals surface area contributed by atoms with Gasteiger partial charge in [0.25, 0.3) is 5.56 Å². The third kappa shape index (κ3) is 4.39. The number of fused-ring (bicyclic) bond motifs is 3. The van der Waals surface area contributed by atoms with Crippen molar-refractivity contribution < 1.29 is 9.47 Å². The molecular weight excluding hydrogens is 484 g/mol. The molecule has 0 saturated carbocycles. The summed E-state index contributed by atoms with van der Waals surface area (Å²) in [6.07, 6.45) is 4.53. The Morgan fingerprint density at radius 3 is 2.51 bits per heavy atom. The van der Waals surface area contributed by atoms with E-state index in [1.165, 1.54) is 9.44 Å². The number of nitrogens with zero attached hydrogens (tertiary/aromatic N) is 2. The minimum Gasteiger partial charge on any atom is -0.493 e. The molecule has 6 nitrogen and oxygen atoms in total. The van der Waals surface area contributed by atoms with E-state index in [0.29, 0.717) is 34.9 Å². The first-order valence-electron chi connectivity index (χ1n) is 11.7. The van der Waals surface area contributed by atoms with Crippen LogP contribution in [0, 0.1) is 0 Å². The molecule has 0 amide bonds. The van der Waals surface area contributed by atoms with Gasteiger partial charge in [0.2, 0.25) is 0 Å². The molecule has 1 aliphatic rings. The standard InChI is InChI=1S/C27H27ClN2O4S/c1-33-21-12-11-17(15-22(21)34-2)13-14-29-25(31)24-19-8-4-6-10-23(19)35-26(24)30(27(29)32)16-18-7-3-5-9-20(18)28/h3,5,7,9,11-12,15H,4,6,8,10,13-14,16H2,1-2H3. The molecule has 0 radical (unpaired) electrons.